The summed E-state index contributed by atoms with van der Waals surface area (Å²) in [5.41, 5.74) is 0.824. The summed E-state index contributed by atoms with van der Waals surface area (Å²) in [6, 6.07) is 15.8. The van der Waals surface area contributed by atoms with Crippen LogP contribution >= 0.6 is 0 Å². The van der Waals surface area contributed by atoms with Crippen molar-refractivity contribution in [2.75, 3.05) is 39.8 Å². The van der Waals surface area contributed by atoms with Crippen LogP contribution < -0.4 is 10.1 Å². The molecule has 28 heavy (non-hydrogen) atoms. The zero-order valence-corrected chi connectivity index (χ0v) is 16.7. The van der Waals surface area contributed by atoms with E-state index < -0.39 is 10.0 Å². The summed E-state index contributed by atoms with van der Waals surface area (Å²) in [5.74, 6) is 0.397. The average Bonchev–Trinajstić information content (AvgIpc) is 2.72. The topological polar surface area (TPSA) is 79.0 Å². The smallest absolute Gasteiger partial charge is 0.258 e. The molecule has 1 aliphatic heterocycles. The average molecular weight is 404 g/mol. The molecule has 0 saturated carbocycles. The zero-order valence-electron chi connectivity index (χ0n) is 15.9. The number of nitrogens with one attached hydrogen (secondary N) is 1. The molecule has 1 fully saturated rings. The monoisotopic (exact) mass is 403 g/mol. The van der Waals surface area contributed by atoms with E-state index in [-0.39, 0.29) is 17.4 Å². The van der Waals surface area contributed by atoms with Gasteiger partial charge in [-0.25, -0.2) is 8.42 Å². The fraction of sp³-hybridized carbons (Fsp3) is 0.350. The van der Waals surface area contributed by atoms with Crippen molar-refractivity contribution in [3.8, 4) is 5.75 Å². The molecule has 1 saturated heterocycles. The molecule has 0 radical (unpaired) electrons. The Kier molecular flexibility index (Phi) is 6.66. The number of carbonyl (C=O) groups excluding carboxylic acids is 1. The summed E-state index contributed by atoms with van der Waals surface area (Å²) in [7, 11) is -1.49. The number of benzene rings is 2. The van der Waals surface area contributed by atoms with Crippen LogP contribution in [0.25, 0.3) is 0 Å². The first kappa shape index (κ1) is 20.3. The molecule has 1 aliphatic rings. The lowest BCUT2D eigenvalue weighted by atomic mass is 10.2. The van der Waals surface area contributed by atoms with Gasteiger partial charge in [-0.2, -0.15) is 4.31 Å². The molecule has 0 aromatic heterocycles. The summed E-state index contributed by atoms with van der Waals surface area (Å²) < 4.78 is 32.3. The SMILES string of the molecule is CN1CCN(S(=O)(=O)c2ccc(CNC(=O)COc3ccccc3)cc2)CC1. The highest BCUT2D eigenvalue weighted by molar-refractivity contribution is 7.89. The summed E-state index contributed by atoms with van der Waals surface area (Å²) in [6.45, 7) is 2.70. The second kappa shape index (κ2) is 9.18. The van der Waals surface area contributed by atoms with Crippen molar-refractivity contribution in [3.05, 3.63) is 60.2 Å². The molecule has 1 amide bonds. The molecule has 150 valence electrons. The zero-order chi connectivity index (χ0) is 20.0. The molecule has 8 heteroatoms. The van der Waals surface area contributed by atoms with E-state index in [0.717, 1.165) is 18.7 Å². The first-order valence-electron chi connectivity index (χ1n) is 9.17. The van der Waals surface area contributed by atoms with E-state index in [1.807, 2.05) is 25.2 Å². The van der Waals surface area contributed by atoms with Crippen LogP contribution in [0.3, 0.4) is 0 Å². The van der Waals surface area contributed by atoms with Gasteiger partial charge >= 0.3 is 0 Å². The van der Waals surface area contributed by atoms with Crippen LogP contribution in [0.4, 0.5) is 0 Å². The van der Waals surface area contributed by atoms with Gasteiger partial charge < -0.3 is 15.0 Å². The fourth-order valence-corrected chi connectivity index (χ4v) is 4.30. The third-order valence-electron chi connectivity index (χ3n) is 4.63. The lowest BCUT2D eigenvalue weighted by Gasteiger charge is -2.31. The fourth-order valence-electron chi connectivity index (χ4n) is 2.87. The highest BCUT2D eigenvalue weighted by Crippen LogP contribution is 2.18. The lowest BCUT2D eigenvalue weighted by Crippen LogP contribution is -2.47. The number of piperazine rings is 1. The summed E-state index contributed by atoms with van der Waals surface area (Å²) >= 11 is 0. The minimum absolute atomic E-state index is 0.0696. The van der Waals surface area contributed by atoms with Gasteiger partial charge in [-0.05, 0) is 36.9 Å². The minimum atomic E-state index is -3.47. The van der Waals surface area contributed by atoms with Gasteiger partial charge in [0.15, 0.2) is 6.61 Å². The van der Waals surface area contributed by atoms with Gasteiger partial charge in [-0.1, -0.05) is 30.3 Å². The van der Waals surface area contributed by atoms with E-state index in [1.54, 1.807) is 36.4 Å². The Hall–Kier alpha value is -2.42. The first-order chi connectivity index (χ1) is 13.4. The van der Waals surface area contributed by atoms with Crippen molar-refractivity contribution in [2.24, 2.45) is 0 Å². The normalized spacial score (nSPS) is 15.9. The number of likely N-dealkylation sites (N-methyl/N-ethyl adjacent to an activating group) is 1. The molecule has 0 bridgehead atoms. The number of hydrogen-bond donors (Lipinski definition) is 1. The van der Waals surface area contributed by atoms with Crippen LogP contribution in [0.1, 0.15) is 5.56 Å². The van der Waals surface area contributed by atoms with Gasteiger partial charge in [0.2, 0.25) is 10.0 Å². The first-order valence-corrected chi connectivity index (χ1v) is 10.6. The molecule has 7 nitrogen and oxygen atoms in total. The van der Waals surface area contributed by atoms with Crippen molar-refractivity contribution in [1.82, 2.24) is 14.5 Å². The highest BCUT2D eigenvalue weighted by Gasteiger charge is 2.27. The van der Waals surface area contributed by atoms with Crippen LogP contribution in [0.15, 0.2) is 59.5 Å². The number of hydrogen-bond acceptors (Lipinski definition) is 5. The molecule has 1 heterocycles. The largest absolute Gasteiger partial charge is 0.484 e. The molecule has 0 atom stereocenters. The van der Waals surface area contributed by atoms with E-state index in [1.165, 1.54) is 4.31 Å². The Balaban J connectivity index is 1.50. The van der Waals surface area contributed by atoms with Crippen molar-refractivity contribution < 1.29 is 17.9 Å². The standard InChI is InChI=1S/C20H25N3O4S/c1-22-11-13-23(14-12-22)28(25,26)19-9-7-17(8-10-19)15-21-20(24)16-27-18-5-3-2-4-6-18/h2-10H,11-16H2,1H3,(H,21,24). The maximum absolute atomic E-state index is 12.7. The van der Waals surface area contributed by atoms with E-state index in [4.69, 9.17) is 4.74 Å². The Morgan fingerprint density at radius 1 is 1.00 bits per heavy atom. The lowest BCUT2D eigenvalue weighted by molar-refractivity contribution is -0.123. The van der Waals surface area contributed by atoms with Crippen LogP contribution in [0.5, 0.6) is 5.75 Å². The van der Waals surface area contributed by atoms with E-state index in [2.05, 4.69) is 10.2 Å². The Labute approximate surface area is 166 Å². The van der Waals surface area contributed by atoms with Crippen LogP contribution in [0.2, 0.25) is 0 Å². The Bertz CT molecular complexity index is 877. The van der Waals surface area contributed by atoms with Gasteiger partial charge in [0.1, 0.15) is 5.75 Å². The highest BCUT2D eigenvalue weighted by atomic mass is 32.2. The number of carbonyl (C=O) groups is 1. The molecule has 0 unspecified atom stereocenters. The molecule has 0 aliphatic carbocycles. The minimum Gasteiger partial charge on any atom is -0.484 e. The van der Waals surface area contributed by atoms with Crippen molar-refractivity contribution in [3.63, 3.8) is 0 Å². The van der Waals surface area contributed by atoms with Crippen molar-refractivity contribution in [1.29, 1.82) is 0 Å². The Morgan fingerprint density at radius 2 is 1.64 bits per heavy atom. The van der Waals surface area contributed by atoms with Gasteiger partial charge in [0, 0.05) is 32.7 Å². The van der Waals surface area contributed by atoms with Crippen molar-refractivity contribution in [2.45, 2.75) is 11.4 Å². The number of sulfonamides is 1. The van der Waals surface area contributed by atoms with Crippen LogP contribution in [-0.2, 0) is 21.4 Å². The molecule has 1 N–H and O–H groups in total. The molecule has 3 rings (SSSR count). The number of rotatable bonds is 7. The number of ether oxygens (including phenoxy) is 1. The molecular weight excluding hydrogens is 378 g/mol. The molecule has 0 spiro atoms. The third-order valence-corrected chi connectivity index (χ3v) is 6.54. The van der Waals surface area contributed by atoms with Gasteiger partial charge in [-0.15, -0.1) is 0 Å². The van der Waals surface area contributed by atoms with Crippen molar-refractivity contribution >= 4 is 15.9 Å². The number of nitrogens with zero attached hydrogens (tertiary/aromatic N) is 2. The molecule has 2 aromatic rings. The number of amides is 1. The predicted octanol–water partition coefficient (Wildman–Crippen LogP) is 1.32. The predicted molar refractivity (Wildman–Crippen MR) is 106 cm³/mol. The summed E-state index contributed by atoms with van der Waals surface area (Å²) in [5, 5.41) is 2.77. The third kappa shape index (κ3) is 5.31. The van der Waals surface area contributed by atoms with E-state index in [0.29, 0.717) is 25.4 Å². The van der Waals surface area contributed by atoms with Gasteiger partial charge in [-0.3, -0.25) is 4.79 Å². The van der Waals surface area contributed by atoms with Gasteiger partial charge in [0.25, 0.3) is 5.91 Å². The van der Waals surface area contributed by atoms with E-state index in [9.17, 15) is 13.2 Å². The van der Waals surface area contributed by atoms with Crippen LogP contribution in [-0.4, -0.2) is 63.4 Å². The quantitative estimate of drug-likeness (QED) is 0.754. The molecular formula is C20H25N3O4S. The van der Waals surface area contributed by atoms with E-state index >= 15 is 0 Å². The Morgan fingerprint density at radius 3 is 2.29 bits per heavy atom. The maximum Gasteiger partial charge on any atom is 0.258 e. The van der Waals surface area contributed by atoms with Gasteiger partial charge in [0.05, 0.1) is 4.90 Å². The second-order valence-corrected chi connectivity index (χ2v) is 8.67. The van der Waals surface area contributed by atoms with Crippen LogP contribution in [0, 0.1) is 0 Å². The number of para-hydroxylation sites is 1. The second-order valence-electron chi connectivity index (χ2n) is 6.73. The molecule has 2 aromatic carbocycles. The summed E-state index contributed by atoms with van der Waals surface area (Å²) in [6.07, 6.45) is 0. The summed E-state index contributed by atoms with van der Waals surface area (Å²) in [4.78, 5) is 14.3. The maximum atomic E-state index is 12.7.